The van der Waals surface area contributed by atoms with Crippen LogP contribution in [0.4, 0.5) is 0 Å². The summed E-state index contributed by atoms with van der Waals surface area (Å²) in [7, 11) is -9.92. The molecule has 0 spiro atoms. The molecule has 0 heterocycles. The summed E-state index contributed by atoms with van der Waals surface area (Å²) in [5.74, 6) is -0.458. The molecule has 0 saturated heterocycles. The van der Waals surface area contributed by atoms with Crippen LogP contribution in [0.5, 0.6) is 0 Å². The SMILES string of the molecule is CCCCCCCCCCCCCCCCCCCCCCCCC(=O)OC[C@H](COP(=O)(O)OC[C@@H](O)COP(=O)(O)OC[C@@H](COC(=O)CCCCCCC)OC(=O)CCCCCCCCCCCCCCCC(C)C)OC(=O)CCCCCCCCCCCCCCCCCCCCC(C)CC. The van der Waals surface area contributed by atoms with Gasteiger partial charge in [0.25, 0.3) is 0 Å². The quantitative estimate of drug-likeness (QED) is 0.0222. The lowest BCUT2D eigenvalue weighted by molar-refractivity contribution is -0.161. The molecule has 17 nitrogen and oxygen atoms in total. The Kier molecular flexibility index (Phi) is 76.0. The van der Waals surface area contributed by atoms with Gasteiger partial charge in [0.1, 0.15) is 19.3 Å². The molecule has 0 aromatic rings. The van der Waals surface area contributed by atoms with Gasteiger partial charge in [-0.25, -0.2) is 9.13 Å². The number of carbonyl (C=O) groups excluding carboxylic acids is 4. The second-order valence-electron chi connectivity index (χ2n) is 31.6. The molecule has 19 heteroatoms. The summed E-state index contributed by atoms with van der Waals surface area (Å²) in [5.41, 5.74) is 0. The molecular formula is C86H168O17P2. The number of unbranched alkanes of at least 4 members (excludes halogenated alkanes) is 54. The summed E-state index contributed by atoms with van der Waals surface area (Å²) in [5, 5.41) is 10.6. The zero-order valence-corrected chi connectivity index (χ0v) is 70.8. The van der Waals surface area contributed by atoms with E-state index < -0.39 is 97.5 Å². The molecule has 0 aliphatic heterocycles. The fourth-order valence-electron chi connectivity index (χ4n) is 13.4. The second-order valence-corrected chi connectivity index (χ2v) is 34.6. The normalized spacial score (nSPS) is 14.1. The second kappa shape index (κ2) is 77.4. The van der Waals surface area contributed by atoms with E-state index in [-0.39, 0.29) is 25.7 Å². The van der Waals surface area contributed by atoms with Crippen LogP contribution in [0, 0.1) is 11.8 Å². The highest BCUT2D eigenvalue weighted by molar-refractivity contribution is 7.47. The van der Waals surface area contributed by atoms with E-state index >= 15 is 0 Å². The third-order valence-corrected chi connectivity index (χ3v) is 22.5. The van der Waals surface area contributed by atoms with Crippen LogP contribution in [0.25, 0.3) is 0 Å². The van der Waals surface area contributed by atoms with Crippen molar-refractivity contribution in [2.24, 2.45) is 11.8 Å². The first-order valence-corrected chi connectivity index (χ1v) is 47.5. The third kappa shape index (κ3) is 78.5. The minimum absolute atomic E-state index is 0.107. The van der Waals surface area contributed by atoms with Gasteiger partial charge in [-0.1, -0.05) is 408 Å². The molecule has 3 N–H and O–H groups in total. The van der Waals surface area contributed by atoms with Crippen LogP contribution in [0.3, 0.4) is 0 Å². The lowest BCUT2D eigenvalue weighted by Crippen LogP contribution is -2.30. The van der Waals surface area contributed by atoms with Crippen molar-refractivity contribution < 1.29 is 80.2 Å². The van der Waals surface area contributed by atoms with Crippen molar-refractivity contribution in [3.8, 4) is 0 Å². The maximum absolute atomic E-state index is 13.1. The largest absolute Gasteiger partial charge is 0.472 e. The molecule has 0 amide bonds. The van der Waals surface area contributed by atoms with Crippen LogP contribution in [0.2, 0.25) is 0 Å². The first-order valence-electron chi connectivity index (χ1n) is 44.5. The van der Waals surface area contributed by atoms with Crippen molar-refractivity contribution in [3.05, 3.63) is 0 Å². The van der Waals surface area contributed by atoms with Crippen molar-refractivity contribution >= 4 is 39.5 Å². The van der Waals surface area contributed by atoms with Gasteiger partial charge < -0.3 is 33.8 Å². The van der Waals surface area contributed by atoms with Gasteiger partial charge in [-0.05, 0) is 37.5 Å². The molecule has 0 aromatic heterocycles. The first-order chi connectivity index (χ1) is 50.9. The Balaban J connectivity index is 5.10. The molecule has 0 bridgehead atoms. The third-order valence-electron chi connectivity index (χ3n) is 20.6. The molecule has 3 unspecified atom stereocenters. The van der Waals surface area contributed by atoms with Gasteiger partial charge in [-0.15, -0.1) is 0 Å². The lowest BCUT2D eigenvalue weighted by atomic mass is 9.99. The van der Waals surface area contributed by atoms with Crippen LogP contribution in [-0.4, -0.2) is 96.7 Å². The van der Waals surface area contributed by atoms with Crippen molar-refractivity contribution in [1.82, 2.24) is 0 Å². The van der Waals surface area contributed by atoms with Gasteiger partial charge in [0, 0.05) is 25.7 Å². The minimum atomic E-state index is -4.96. The maximum Gasteiger partial charge on any atom is 0.472 e. The van der Waals surface area contributed by atoms with E-state index in [9.17, 15) is 43.2 Å². The van der Waals surface area contributed by atoms with Crippen LogP contribution in [-0.2, 0) is 65.4 Å². The number of phosphoric ester groups is 2. The molecule has 0 aromatic carbocycles. The van der Waals surface area contributed by atoms with Gasteiger partial charge >= 0.3 is 39.5 Å². The average Bonchev–Trinajstić information content (AvgIpc) is 0.918. The van der Waals surface area contributed by atoms with Crippen LogP contribution < -0.4 is 0 Å². The Morgan fingerprint density at radius 1 is 0.276 bits per heavy atom. The standard InChI is InChI=1S/C86H168O17P2/c1-7-10-12-14-15-16-17-18-19-20-21-22-23-24-28-31-36-41-46-51-57-63-69-84(89)97-75-82(103-86(91)71-64-58-52-47-42-37-32-29-26-25-27-30-35-40-45-50-56-61-67-79(6)9-3)77-101-105(94,95)99-73-80(87)72-98-104(92,93)100-76-81(74-96-83(88)68-62-54-13-11-8-2)102-85(90)70-65-59-53-48-43-38-33-34-39-44-49-55-60-66-78(4)5/h78-82,87H,7-77H2,1-6H3,(H,92,93)(H,94,95)/t79?,80-,81+,82+/m0/s1. The number of rotatable bonds is 85. The topological polar surface area (TPSA) is 237 Å². The zero-order valence-electron chi connectivity index (χ0n) is 69.0. The molecule has 0 fully saturated rings. The molecule has 0 radical (unpaired) electrons. The Hall–Kier alpha value is -1.94. The molecule has 0 aliphatic carbocycles. The van der Waals surface area contributed by atoms with Gasteiger partial charge in [-0.2, -0.15) is 0 Å². The Morgan fingerprint density at radius 2 is 0.486 bits per heavy atom. The highest BCUT2D eigenvalue weighted by Gasteiger charge is 2.30. The van der Waals surface area contributed by atoms with E-state index in [0.717, 1.165) is 108 Å². The minimum Gasteiger partial charge on any atom is -0.462 e. The smallest absolute Gasteiger partial charge is 0.462 e. The van der Waals surface area contributed by atoms with Crippen LogP contribution >= 0.6 is 15.6 Å². The van der Waals surface area contributed by atoms with E-state index in [1.165, 1.54) is 270 Å². The summed E-state index contributed by atoms with van der Waals surface area (Å²) in [6.45, 7) is 9.65. The molecule has 6 atom stereocenters. The summed E-state index contributed by atoms with van der Waals surface area (Å²) in [6.07, 6.45) is 70.0. The van der Waals surface area contributed by atoms with Crippen molar-refractivity contribution in [3.63, 3.8) is 0 Å². The number of ether oxygens (including phenoxy) is 4. The van der Waals surface area contributed by atoms with E-state index in [0.29, 0.717) is 25.7 Å². The van der Waals surface area contributed by atoms with Crippen molar-refractivity contribution in [2.45, 2.75) is 477 Å². The molecule has 105 heavy (non-hydrogen) atoms. The van der Waals surface area contributed by atoms with E-state index in [2.05, 4.69) is 41.5 Å². The maximum atomic E-state index is 13.1. The molecule has 624 valence electrons. The van der Waals surface area contributed by atoms with Crippen LogP contribution in [0.15, 0.2) is 0 Å². The monoisotopic (exact) mass is 1540 g/mol. The zero-order chi connectivity index (χ0) is 77.1. The Bertz CT molecular complexity index is 2010. The fourth-order valence-corrected chi connectivity index (χ4v) is 15.0. The summed E-state index contributed by atoms with van der Waals surface area (Å²) < 4.78 is 68.6. The van der Waals surface area contributed by atoms with Crippen molar-refractivity contribution in [1.29, 1.82) is 0 Å². The number of hydrogen-bond donors (Lipinski definition) is 3. The molecule has 0 rings (SSSR count). The molecule has 0 saturated carbocycles. The molecular weight excluding hydrogens is 1370 g/mol. The van der Waals surface area contributed by atoms with E-state index in [1.807, 2.05) is 0 Å². The molecule has 0 aliphatic rings. The fraction of sp³-hybridized carbons (Fsp3) is 0.953. The number of aliphatic hydroxyl groups excluding tert-OH is 1. The number of carbonyl (C=O) groups is 4. The number of aliphatic hydroxyl groups is 1. The lowest BCUT2D eigenvalue weighted by Gasteiger charge is -2.21. The predicted molar refractivity (Wildman–Crippen MR) is 432 cm³/mol. The summed E-state index contributed by atoms with van der Waals surface area (Å²) in [4.78, 5) is 72.9. The Morgan fingerprint density at radius 3 is 0.724 bits per heavy atom. The van der Waals surface area contributed by atoms with E-state index in [4.69, 9.17) is 37.0 Å². The van der Waals surface area contributed by atoms with E-state index in [1.54, 1.807) is 0 Å². The van der Waals surface area contributed by atoms with Gasteiger partial charge in [0.05, 0.1) is 26.4 Å². The summed E-state index contributed by atoms with van der Waals surface area (Å²) >= 11 is 0. The number of hydrogen-bond acceptors (Lipinski definition) is 15. The van der Waals surface area contributed by atoms with Gasteiger partial charge in [0.2, 0.25) is 0 Å². The first kappa shape index (κ1) is 103. The number of phosphoric acid groups is 2. The predicted octanol–water partition coefficient (Wildman–Crippen LogP) is 26.2. The average molecular weight is 1540 g/mol. The van der Waals surface area contributed by atoms with Gasteiger partial charge in [-0.3, -0.25) is 37.3 Å². The highest BCUT2D eigenvalue weighted by atomic mass is 31.2. The van der Waals surface area contributed by atoms with Crippen LogP contribution in [0.1, 0.15) is 459 Å². The Labute approximate surface area is 645 Å². The summed E-state index contributed by atoms with van der Waals surface area (Å²) in [6, 6.07) is 0. The number of esters is 4. The van der Waals surface area contributed by atoms with Gasteiger partial charge in [0.15, 0.2) is 12.2 Å². The van der Waals surface area contributed by atoms with Crippen molar-refractivity contribution in [2.75, 3.05) is 39.6 Å². The highest BCUT2D eigenvalue weighted by Crippen LogP contribution is 2.45.